The molecule has 1 fully saturated rings. The maximum Gasteiger partial charge on any atom is 0.227 e. The quantitative estimate of drug-likeness (QED) is 0.939. The van der Waals surface area contributed by atoms with E-state index in [4.69, 9.17) is 0 Å². The van der Waals surface area contributed by atoms with Crippen LogP contribution in [-0.4, -0.2) is 40.0 Å². The van der Waals surface area contributed by atoms with E-state index in [-0.39, 0.29) is 11.9 Å². The minimum atomic E-state index is 0.00126. The average Bonchev–Trinajstić information content (AvgIpc) is 2.97. The van der Waals surface area contributed by atoms with Gasteiger partial charge in [0.05, 0.1) is 6.42 Å². The van der Waals surface area contributed by atoms with Crippen LogP contribution in [0.15, 0.2) is 30.6 Å². The number of rotatable bonds is 3. The van der Waals surface area contributed by atoms with Gasteiger partial charge in [0.25, 0.3) is 0 Å². The van der Waals surface area contributed by atoms with Crippen LogP contribution in [0.25, 0.3) is 0 Å². The summed E-state index contributed by atoms with van der Waals surface area (Å²) in [5, 5.41) is 3.37. The number of nitrogens with zero attached hydrogens (tertiary/aromatic N) is 3. The number of amides is 1. The molecule has 1 atom stereocenters. The van der Waals surface area contributed by atoms with Crippen LogP contribution in [0.1, 0.15) is 28.6 Å². The Morgan fingerprint density at radius 2 is 2.22 bits per heavy atom. The Morgan fingerprint density at radius 1 is 1.39 bits per heavy atom. The molecule has 1 amide bonds. The van der Waals surface area contributed by atoms with Crippen LogP contribution < -0.4 is 5.32 Å². The summed E-state index contributed by atoms with van der Waals surface area (Å²) in [7, 11) is 1.98. The number of hydrogen-bond donors (Lipinski definition) is 1. The van der Waals surface area contributed by atoms with Crippen LogP contribution in [0, 0.1) is 13.8 Å². The zero-order valence-electron chi connectivity index (χ0n) is 14.0. The summed E-state index contributed by atoms with van der Waals surface area (Å²) >= 11 is 0. The van der Waals surface area contributed by atoms with Crippen molar-refractivity contribution in [3.8, 4) is 0 Å². The number of carbonyl (C=O) groups is 1. The summed E-state index contributed by atoms with van der Waals surface area (Å²) in [5.74, 6) is 1.11. The van der Waals surface area contributed by atoms with E-state index in [0.717, 1.165) is 31.0 Å². The maximum absolute atomic E-state index is 12.9. The number of aromatic nitrogens is 2. The van der Waals surface area contributed by atoms with Crippen molar-refractivity contribution in [2.45, 2.75) is 26.3 Å². The molecular weight excluding hydrogens is 288 g/mol. The van der Waals surface area contributed by atoms with Crippen molar-refractivity contribution in [3.63, 3.8) is 0 Å². The fraction of sp³-hybridized carbons (Fsp3) is 0.444. The number of carbonyl (C=O) groups excluding carboxylic acids is 1. The molecule has 23 heavy (non-hydrogen) atoms. The van der Waals surface area contributed by atoms with Crippen molar-refractivity contribution >= 4 is 5.91 Å². The summed E-state index contributed by atoms with van der Waals surface area (Å²) in [6, 6.07) is 6.29. The van der Waals surface area contributed by atoms with Gasteiger partial charge in [0, 0.05) is 39.1 Å². The minimum Gasteiger partial charge on any atom is -0.336 e. The van der Waals surface area contributed by atoms with E-state index < -0.39 is 0 Å². The molecule has 1 aliphatic rings. The van der Waals surface area contributed by atoms with Crippen molar-refractivity contribution < 1.29 is 4.79 Å². The molecular formula is C18H24N4O. The molecule has 0 bridgehead atoms. The highest BCUT2D eigenvalue weighted by atomic mass is 16.2. The van der Waals surface area contributed by atoms with Gasteiger partial charge in [-0.1, -0.05) is 23.8 Å². The molecule has 1 aromatic carbocycles. The number of nitrogens with one attached hydrogen (secondary N) is 1. The van der Waals surface area contributed by atoms with Gasteiger partial charge in [-0.25, -0.2) is 4.98 Å². The zero-order chi connectivity index (χ0) is 16.4. The van der Waals surface area contributed by atoms with Crippen molar-refractivity contribution in [2.24, 2.45) is 7.05 Å². The van der Waals surface area contributed by atoms with Crippen LogP contribution in [-0.2, 0) is 18.3 Å². The highest BCUT2D eigenvalue weighted by Crippen LogP contribution is 2.22. The predicted octanol–water partition coefficient (Wildman–Crippen LogP) is 1.75. The second kappa shape index (κ2) is 6.54. The third-order valence-electron chi connectivity index (χ3n) is 4.57. The number of piperazine rings is 1. The summed E-state index contributed by atoms with van der Waals surface area (Å²) in [4.78, 5) is 19.3. The first-order chi connectivity index (χ1) is 11.1. The lowest BCUT2D eigenvalue weighted by atomic mass is 10.0. The topological polar surface area (TPSA) is 50.2 Å². The third kappa shape index (κ3) is 3.29. The van der Waals surface area contributed by atoms with Crippen molar-refractivity contribution in [1.29, 1.82) is 0 Å². The van der Waals surface area contributed by atoms with Crippen LogP contribution in [0.2, 0.25) is 0 Å². The molecule has 122 valence electrons. The van der Waals surface area contributed by atoms with Crippen LogP contribution in [0.4, 0.5) is 0 Å². The smallest absolute Gasteiger partial charge is 0.227 e. The van der Waals surface area contributed by atoms with Gasteiger partial charge >= 0.3 is 0 Å². The molecule has 5 heteroatoms. The van der Waals surface area contributed by atoms with Gasteiger partial charge in [-0.15, -0.1) is 0 Å². The monoisotopic (exact) mass is 312 g/mol. The SMILES string of the molecule is Cc1ccc(C)c(CC(=O)N2CCNCC2c2nccn2C)c1. The molecule has 0 saturated carbocycles. The highest BCUT2D eigenvalue weighted by Gasteiger charge is 2.30. The molecule has 3 rings (SSSR count). The van der Waals surface area contributed by atoms with E-state index in [1.165, 1.54) is 11.1 Å². The minimum absolute atomic E-state index is 0.00126. The fourth-order valence-corrected chi connectivity index (χ4v) is 3.19. The van der Waals surface area contributed by atoms with E-state index >= 15 is 0 Å². The fourth-order valence-electron chi connectivity index (χ4n) is 3.19. The molecule has 5 nitrogen and oxygen atoms in total. The molecule has 0 radical (unpaired) electrons. The highest BCUT2D eigenvalue weighted by molar-refractivity contribution is 5.79. The van der Waals surface area contributed by atoms with Crippen molar-refractivity contribution in [3.05, 3.63) is 53.1 Å². The summed E-state index contributed by atoms with van der Waals surface area (Å²) in [6.07, 6.45) is 4.17. The Bertz CT molecular complexity index is 707. The molecule has 2 heterocycles. The molecule has 1 saturated heterocycles. The number of imidazole rings is 1. The Labute approximate surface area is 137 Å². The van der Waals surface area contributed by atoms with Gasteiger partial charge in [0.15, 0.2) is 0 Å². The van der Waals surface area contributed by atoms with E-state index in [1.807, 2.05) is 22.7 Å². The standard InChI is InChI=1S/C18H24N4O/c1-13-4-5-14(2)15(10-13)11-17(23)22-9-6-19-12-16(22)18-20-7-8-21(18)3/h4-5,7-8,10,16,19H,6,9,11-12H2,1-3H3. The van der Waals surface area contributed by atoms with E-state index in [0.29, 0.717) is 6.42 Å². The molecule has 1 N–H and O–H groups in total. The Morgan fingerprint density at radius 3 is 2.96 bits per heavy atom. The second-order valence-electron chi connectivity index (χ2n) is 6.31. The molecule has 2 aromatic rings. The normalized spacial score (nSPS) is 18.2. The van der Waals surface area contributed by atoms with E-state index in [9.17, 15) is 4.79 Å². The van der Waals surface area contributed by atoms with Gasteiger partial charge in [0.2, 0.25) is 5.91 Å². The molecule has 0 spiro atoms. The lowest BCUT2D eigenvalue weighted by molar-refractivity contribution is -0.134. The number of benzene rings is 1. The lowest BCUT2D eigenvalue weighted by Crippen LogP contribution is -2.50. The first-order valence-electron chi connectivity index (χ1n) is 8.10. The van der Waals surface area contributed by atoms with Crippen molar-refractivity contribution in [1.82, 2.24) is 19.8 Å². The molecule has 1 aliphatic heterocycles. The Hall–Kier alpha value is -2.14. The Balaban J connectivity index is 1.82. The number of aryl methyl sites for hydroxylation is 3. The van der Waals surface area contributed by atoms with Crippen molar-refractivity contribution in [2.75, 3.05) is 19.6 Å². The lowest BCUT2D eigenvalue weighted by Gasteiger charge is -2.36. The molecule has 1 unspecified atom stereocenters. The summed E-state index contributed by atoms with van der Waals surface area (Å²) < 4.78 is 2.00. The van der Waals surface area contributed by atoms with Gasteiger partial charge in [-0.3, -0.25) is 4.79 Å². The first kappa shape index (κ1) is 15.7. The average molecular weight is 312 g/mol. The summed E-state index contributed by atoms with van der Waals surface area (Å²) in [6.45, 7) is 6.44. The van der Waals surface area contributed by atoms with Gasteiger partial charge in [-0.05, 0) is 25.0 Å². The van der Waals surface area contributed by atoms with Gasteiger partial charge in [-0.2, -0.15) is 0 Å². The van der Waals surface area contributed by atoms with Gasteiger partial charge in [0.1, 0.15) is 11.9 Å². The number of hydrogen-bond acceptors (Lipinski definition) is 3. The molecule has 1 aromatic heterocycles. The largest absolute Gasteiger partial charge is 0.336 e. The molecule has 0 aliphatic carbocycles. The third-order valence-corrected chi connectivity index (χ3v) is 4.57. The van der Waals surface area contributed by atoms with Gasteiger partial charge < -0.3 is 14.8 Å². The van der Waals surface area contributed by atoms with E-state index in [1.54, 1.807) is 6.20 Å². The zero-order valence-corrected chi connectivity index (χ0v) is 14.0. The maximum atomic E-state index is 12.9. The van der Waals surface area contributed by atoms with Crippen LogP contribution in [0.3, 0.4) is 0 Å². The summed E-state index contributed by atoms with van der Waals surface area (Å²) in [5.41, 5.74) is 3.49. The first-order valence-corrected chi connectivity index (χ1v) is 8.10. The van der Waals surface area contributed by atoms with Crippen LogP contribution >= 0.6 is 0 Å². The second-order valence-corrected chi connectivity index (χ2v) is 6.31. The van der Waals surface area contributed by atoms with Crippen LogP contribution in [0.5, 0.6) is 0 Å². The van der Waals surface area contributed by atoms with E-state index in [2.05, 4.69) is 42.3 Å². The Kier molecular flexibility index (Phi) is 4.48. The predicted molar refractivity (Wildman–Crippen MR) is 90.2 cm³/mol.